The molecule has 0 amide bonds. The molecule has 0 aliphatic heterocycles. The molecule has 3 N–H and O–H groups in total. The van der Waals surface area contributed by atoms with Crippen molar-refractivity contribution >= 4 is 23.9 Å². The lowest BCUT2D eigenvalue weighted by atomic mass is 9.83. The lowest BCUT2D eigenvalue weighted by Crippen LogP contribution is -2.14. The fourth-order valence-corrected chi connectivity index (χ4v) is 9.25. The van der Waals surface area contributed by atoms with Gasteiger partial charge in [0.05, 0.1) is 28.4 Å². The number of hydrogen-bond donors (Lipinski definition) is 2. The van der Waals surface area contributed by atoms with Crippen molar-refractivity contribution < 1.29 is 52.6 Å². The molecule has 12 heteroatoms. The normalized spacial score (nSPS) is 11.2. The number of carboxylic acids is 1. The van der Waals surface area contributed by atoms with E-state index in [1.165, 1.54) is 0 Å². The molecule has 0 saturated heterocycles. The smallest absolute Gasteiger partial charge is 0.328 e. The maximum atomic E-state index is 12.9. The van der Waals surface area contributed by atoms with E-state index in [9.17, 15) is 9.59 Å². The molecule has 8 aromatic rings. The van der Waals surface area contributed by atoms with Gasteiger partial charge in [0.2, 0.25) is 0 Å². The highest BCUT2D eigenvalue weighted by atomic mass is 16.5. The van der Waals surface area contributed by atoms with Crippen molar-refractivity contribution in [3.05, 3.63) is 250 Å². The van der Waals surface area contributed by atoms with E-state index in [0.717, 1.165) is 92.5 Å². The molecule has 456 valence electrons. The molecule has 0 aliphatic carbocycles. The van der Waals surface area contributed by atoms with Crippen LogP contribution in [0.15, 0.2) is 194 Å². The van der Waals surface area contributed by atoms with E-state index in [0.29, 0.717) is 73.9 Å². The molecule has 0 heterocycles. The molecule has 0 atom stereocenters. The molecule has 0 aromatic heterocycles. The molecular weight excluding hydrogens is 1090 g/mol. The number of methoxy groups -OCH3 is 4. The highest BCUT2D eigenvalue weighted by Gasteiger charge is 2.23. The number of carbonyl (C=O) groups is 2. The lowest BCUT2D eigenvalue weighted by Gasteiger charge is -2.24. The van der Waals surface area contributed by atoms with Crippen LogP contribution in [0.5, 0.6) is 46.0 Å². The summed E-state index contributed by atoms with van der Waals surface area (Å²) >= 11 is 0. The van der Waals surface area contributed by atoms with Crippen LogP contribution in [0.2, 0.25) is 0 Å². The standard InChI is InChI=1S/C38H42O5.C21H24O4.C16H19NO2/c1-38(2,3)33-25-35(41-5)37(43-27-30-15-10-7-11-16-30)24-31(33)20-21-32(39)18-12-17-28-19-22-34(40-4)36(23-28)42-26-29-13-8-6-9-14-29;1-21(2,3)17-13-18(24-4)19(12-16(17)10-11-20(22)23)25-14-15-8-6-5-7-9-15;1-18-15-8-7-13(9-10-17)11-16(15)19-12-14-5-3-2-4-6-14/h6-11,13-16,19-25H,12,17-18,26-27H2,1-5H3;5-13H,14H2,1-4H3,(H,22,23);2-8,11H,9-10,12,17H2,1H3/b21-20+;11-10+;. The molecular formula is C75H85NO11. The van der Waals surface area contributed by atoms with E-state index in [-0.39, 0.29) is 16.6 Å². The Balaban J connectivity index is 0.000000231. The van der Waals surface area contributed by atoms with Crippen molar-refractivity contribution in [2.24, 2.45) is 5.73 Å². The van der Waals surface area contributed by atoms with Crippen LogP contribution >= 0.6 is 0 Å². The summed E-state index contributed by atoms with van der Waals surface area (Å²) in [5.74, 6) is 4.55. The van der Waals surface area contributed by atoms with Crippen LogP contribution in [-0.2, 0) is 59.7 Å². The van der Waals surface area contributed by atoms with Crippen molar-refractivity contribution in [3.63, 3.8) is 0 Å². The van der Waals surface area contributed by atoms with Gasteiger partial charge in [-0.05, 0) is 153 Å². The van der Waals surface area contributed by atoms with Gasteiger partial charge in [0.1, 0.15) is 26.4 Å². The Morgan fingerprint density at radius 3 is 1.06 bits per heavy atom. The van der Waals surface area contributed by atoms with Crippen molar-refractivity contribution in [1.82, 2.24) is 0 Å². The summed E-state index contributed by atoms with van der Waals surface area (Å²) < 4.78 is 45.9. The molecule has 12 nitrogen and oxygen atoms in total. The summed E-state index contributed by atoms with van der Waals surface area (Å²) in [7, 11) is 6.54. The summed E-state index contributed by atoms with van der Waals surface area (Å²) in [6.45, 7) is 15.1. The third-order valence-corrected chi connectivity index (χ3v) is 13.9. The number of nitrogens with two attached hydrogens (primary N) is 1. The molecule has 87 heavy (non-hydrogen) atoms. The van der Waals surface area contributed by atoms with Gasteiger partial charge in [0.15, 0.2) is 51.8 Å². The number of aryl methyl sites for hydroxylation is 1. The van der Waals surface area contributed by atoms with Crippen LogP contribution in [0.1, 0.15) is 110 Å². The molecule has 0 spiro atoms. The Bertz CT molecular complexity index is 3460. The van der Waals surface area contributed by atoms with Gasteiger partial charge in [-0.3, -0.25) is 4.79 Å². The number of rotatable bonds is 26. The average Bonchev–Trinajstić information content (AvgIpc) is 3.10. The van der Waals surface area contributed by atoms with Gasteiger partial charge in [0.25, 0.3) is 0 Å². The first-order valence-corrected chi connectivity index (χ1v) is 29.2. The minimum Gasteiger partial charge on any atom is -0.493 e. The van der Waals surface area contributed by atoms with E-state index in [1.807, 2.05) is 188 Å². The largest absolute Gasteiger partial charge is 0.493 e. The van der Waals surface area contributed by atoms with Gasteiger partial charge >= 0.3 is 5.97 Å². The molecule has 0 unspecified atom stereocenters. The van der Waals surface area contributed by atoms with Gasteiger partial charge in [-0.1, -0.05) is 181 Å². The first-order chi connectivity index (χ1) is 41.9. The molecule has 0 fully saturated rings. The minimum absolute atomic E-state index is 0.0801. The SMILES string of the molecule is COc1cc(C(C)(C)C)c(/C=C/C(=O)O)cc1OCc1ccccc1.COc1ccc(CCCC(=O)/C=C/c2cc(OCc3ccccc3)c(OC)cc2C(C)(C)C)cc1OCc1ccccc1.COc1ccc(CCN)cc1OCc1ccccc1. The van der Waals surface area contributed by atoms with E-state index in [2.05, 4.69) is 41.5 Å². The zero-order valence-electron chi connectivity index (χ0n) is 52.1. The second-order valence-corrected chi connectivity index (χ2v) is 22.6. The minimum atomic E-state index is -0.984. The number of carboxylic acid groups (broad SMARTS) is 1. The second-order valence-electron chi connectivity index (χ2n) is 22.6. The molecule has 0 saturated carbocycles. The van der Waals surface area contributed by atoms with Gasteiger partial charge in [-0.15, -0.1) is 0 Å². The number of carbonyl (C=O) groups excluding carboxylic acids is 1. The van der Waals surface area contributed by atoms with Crippen molar-refractivity contribution in [2.75, 3.05) is 35.0 Å². The Labute approximate surface area is 515 Å². The predicted octanol–water partition coefficient (Wildman–Crippen LogP) is 16.2. The van der Waals surface area contributed by atoms with E-state index in [1.54, 1.807) is 40.6 Å². The van der Waals surface area contributed by atoms with Gasteiger partial charge < -0.3 is 48.7 Å². The lowest BCUT2D eigenvalue weighted by molar-refractivity contribution is -0.131. The summed E-state index contributed by atoms with van der Waals surface area (Å²) in [6, 6.07) is 59.6. The van der Waals surface area contributed by atoms with Crippen LogP contribution in [0, 0.1) is 0 Å². The van der Waals surface area contributed by atoms with Crippen molar-refractivity contribution in [3.8, 4) is 46.0 Å². The van der Waals surface area contributed by atoms with Crippen LogP contribution in [-0.4, -0.2) is 51.8 Å². The first-order valence-electron chi connectivity index (χ1n) is 29.2. The molecule has 8 rings (SSSR count). The van der Waals surface area contributed by atoms with Gasteiger partial charge in [0, 0.05) is 12.5 Å². The van der Waals surface area contributed by atoms with E-state index >= 15 is 0 Å². The zero-order valence-corrected chi connectivity index (χ0v) is 52.1. The van der Waals surface area contributed by atoms with Crippen LogP contribution < -0.4 is 43.6 Å². The zero-order chi connectivity index (χ0) is 62.6. The number of ether oxygens (including phenoxy) is 8. The Morgan fingerprint density at radius 2 is 0.736 bits per heavy atom. The summed E-state index contributed by atoms with van der Waals surface area (Å²) in [5, 5.41) is 8.95. The third-order valence-electron chi connectivity index (χ3n) is 13.9. The molecule has 0 aliphatic rings. The fraction of sp³-hybridized carbons (Fsp3) is 0.280. The Morgan fingerprint density at radius 1 is 0.402 bits per heavy atom. The number of ketones is 1. The number of allylic oxidation sites excluding steroid dienone is 1. The topological polar surface area (TPSA) is 154 Å². The van der Waals surface area contributed by atoms with E-state index in [4.69, 9.17) is 48.7 Å². The van der Waals surface area contributed by atoms with Crippen LogP contribution in [0.3, 0.4) is 0 Å². The first kappa shape index (κ1) is 66.9. The maximum Gasteiger partial charge on any atom is 0.328 e. The van der Waals surface area contributed by atoms with Crippen molar-refractivity contribution in [2.45, 2.75) is 104 Å². The summed E-state index contributed by atoms with van der Waals surface area (Å²) in [6.07, 6.45) is 9.09. The molecule has 8 aromatic carbocycles. The van der Waals surface area contributed by atoms with E-state index < -0.39 is 5.97 Å². The van der Waals surface area contributed by atoms with Crippen LogP contribution in [0.25, 0.3) is 12.2 Å². The average molecular weight is 1180 g/mol. The van der Waals surface area contributed by atoms with Gasteiger partial charge in [-0.25, -0.2) is 4.79 Å². The quantitative estimate of drug-likeness (QED) is 0.0496. The third kappa shape index (κ3) is 22.0. The molecule has 0 bridgehead atoms. The monoisotopic (exact) mass is 1180 g/mol. The number of hydrogen-bond acceptors (Lipinski definition) is 11. The number of aliphatic carboxylic acids is 1. The summed E-state index contributed by atoms with van der Waals surface area (Å²) in [5.41, 5.74) is 15.7. The predicted molar refractivity (Wildman–Crippen MR) is 349 cm³/mol. The molecule has 0 radical (unpaired) electrons. The van der Waals surface area contributed by atoms with Crippen molar-refractivity contribution in [1.29, 1.82) is 0 Å². The second kappa shape index (κ2) is 34.0. The highest BCUT2D eigenvalue weighted by Crippen LogP contribution is 2.39. The highest BCUT2D eigenvalue weighted by molar-refractivity contribution is 5.94. The summed E-state index contributed by atoms with van der Waals surface area (Å²) in [4.78, 5) is 23.8. The number of benzene rings is 8. The maximum absolute atomic E-state index is 12.9. The van der Waals surface area contributed by atoms with Gasteiger partial charge in [-0.2, -0.15) is 0 Å². The Kier molecular flexibility index (Phi) is 26.2. The Hall–Kier alpha value is -9.26. The van der Waals surface area contributed by atoms with Crippen LogP contribution in [0.4, 0.5) is 0 Å². The fourth-order valence-electron chi connectivity index (χ4n) is 9.25.